The summed E-state index contributed by atoms with van der Waals surface area (Å²) >= 11 is 0. The van der Waals surface area contributed by atoms with Crippen LogP contribution in [0.2, 0.25) is 0 Å². The number of aliphatic imine (C=N–C) groups is 1. The Bertz CT molecular complexity index is 106. The fourth-order valence-corrected chi connectivity index (χ4v) is 0.116. The van der Waals surface area contributed by atoms with Gasteiger partial charge >= 0.3 is 0 Å². The quantitative estimate of drug-likeness (QED) is 0.291. The first kappa shape index (κ1) is 5.88. The van der Waals surface area contributed by atoms with Gasteiger partial charge in [-0.3, -0.25) is 4.79 Å². The van der Waals surface area contributed by atoms with E-state index in [1.165, 1.54) is 0 Å². The van der Waals surface area contributed by atoms with Crippen molar-refractivity contribution in [1.29, 1.82) is 0 Å². The number of nitrogens with zero attached hydrogens (tertiary/aromatic N) is 1. The molecule has 0 atom stereocenters. The van der Waals surface area contributed by atoms with E-state index in [9.17, 15) is 4.79 Å². The lowest BCUT2D eigenvalue weighted by atomic mass is 10.6. The Balaban J connectivity index is 3.58. The molecule has 0 heterocycles. The van der Waals surface area contributed by atoms with Gasteiger partial charge in [0.15, 0.2) is 0 Å². The number of aliphatic hydroxyl groups is 1. The molecule has 0 aliphatic rings. The van der Waals surface area contributed by atoms with E-state index in [0.29, 0.717) is 6.26 Å². The second kappa shape index (κ2) is 3.08. The summed E-state index contributed by atoms with van der Waals surface area (Å²) in [5, 5.41) is 7.88. The zero-order chi connectivity index (χ0) is 5.70. The molecule has 0 rings (SSSR count). The molecule has 1 N–H and O–H groups in total. The first-order valence-electron chi connectivity index (χ1n) is 1.62. The Morgan fingerprint density at radius 3 is 2.57 bits per heavy atom. The van der Waals surface area contributed by atoms with Crippen molar-refractivity contribution in [3.05, 3.63) is 12.3 Å². The van der Waals surface area contributed by atoms with E-state index in [-0.39, 0.29) is 0 Å². The van der Waals surface area contributed by atoms with Gasteiger partial charge in [0.2, 0.25) is 0 Å². The van der Waals surface area contributed by atoms with Crippen LogP contribution in [0.4, 0.5) is 0 Å². The van der Waals surface area contributed by atoms with Crippen LogP contribution >= 0.6 is 0 Å². The molecule has 3 heteroatoms. The molecule has 0 aromatic rings. The fraction of sp³-hybridized carbons (Fsp3) is 0. The zero-order valence-corrected chi connectivity index (χ0v) is 3.66. The summed E-state index contributed by atoms with van der Waals surface area (Å²) in [6, 6.07) is 0. The van der Waals surface area contributed by atoms with Gasteiger partial charge in [-0.15, -0.1) is 0 Å². The van der Waals surface area contributed by atoms with Crippen molar-refractivity contribution in [3.63, 3.8) is 0 Å². The van der Waals surface area contributed by atoms with Crippen LogP contribution in [0.25, 0.3) is 0 Å². The molecule has 0 unspecified atom stereocenters. The predicted octanol–water partition coefficient (Wildman–Crippen LogP) is 0.285. The standard InChI is InChI=1S/C4H5NO2/c1-5-4(7)2-3-6/h2-3,6H,1H2. The summed E-state index contributed by atoms with van der Waals surface area (Å²) in [4.78, 5) is 12.9. The normalized spacial score (nSPS) is 9.14. The molecule has 0 aliphatic heterocycles. The summed E-state index contributed by atoms with van der Waals surface area (Å²) < 4.78 is 0. The Morgan fingerprint density at radius 2 is 2.43 bits per heavy atom. The van der Waals surface area contributed by atoms with E-state index in [1.807, 2.05) is 0 Å². The van der Waals surface area contributed by atoms with Gasteiger partial charge in [0.1, 0.15) is 0 Å². The van der Waals surface area contributed by atoms with E-state index in [4.69, 9.17) is 5.11 Å². The van der Waals surface area contributed by atoms with Gasteiger partial charge in [-0.1, -0.05) is 0 Å². The van der Waals surface area contributed by atoms with Crippen molar-refractivity contribution in [2.24, 2.45) is 4.99 Å². The lowest BCUT2D eigenvalue weighted by Crippen LogP contribution is -1.81. The Labute approximate surface area is 41.0 Å². The summed E-state index contributed by atoms with van der Waals surface area (Å²) in [7, 11) is 0. The molecule has 0 aliphatic carbocycles. The van der Waals surface area contributed by atoms with E-state index in [2.05, 4.69) is 11.7 Å². The first-order valence-corrected chi connectivity index (χ1v) is 1.62. The maximum atomic E-state index is 9.94. The molecule has 0 aromatic heterocycles. The summed E-state index contributed by atoms with van der Waals surface area (Å²) in [6.45, 7) is 2.92. The van der Waals surface area contributed by atoms with Gasteiger partial charge in [-0.2, -0.15) is 0 Å². The van der Waals surface area contributed by atoms with Crippen LogP contribution < -0.4 is 0 Å². The van der Waals surface area contributed by atoms with Gasteiger partial charge in [0, 0.05) is 6.08 Å². The highest BCUT2D eigenvalue weighted by Gasteiger charge is 1.81. The molecule has 38 valence electrons. The minimum atomic E-state index is -0.539. The van der Waals surface area contributed by atoms with Gasteiger partial charge < -0.3 is 5.11 Å². The highest BCUT2D eigenvalue weighted by molar-refractivity contribution is 5.90. The molecule has 7 heavy (non-hydrogen) atoms. The van der Waals surface area contributed by atoms with Crippen LogP contribution in [0.15, 0.2) is 17.3 Å². The zero-order valence-electron chi connectivity index (χ0n) is 3.66. The second-order valence-electron chi connectivity index (χ2n) is 0.812. The van der Waals surface area contributed by atoms with Gasteiger partial charge in [0.25, 0.3) is 5.91 Å². The minimum Gasteiger partial charge on any atom is -0.515 e. The maximum absolute atomic E-state index is 9.94. The highest BCUT2D eigenvalue weighted by atomic mass is 16.2. The number of rotatable bonds is 1. The maximum Gasteiger partial charge on any atom is 0.272 e. The van der Waals surface area contributed by atoms with Crippen molar-refractivity contribution in [1.82, 2.24) is 0 Å². The van der Waals surface area contributed by atoms with Crippen LogP contribution in [0.3, 0.4) is 0 Å². The summed E-state index contributed by atoms with van der Waals surface area (Å²) in [6.07, 6.45) is 1.53. The van der Waals surface area contributed by atoms with Crippen LogP contribution in [0, 0.1) is 0 Å². The third-order valence-electron chi connectivity index (χ3n) is 0.373. The first-order chi connectivity index (χ1) is 3.31. The molecule has 0 radical (unpaired) electrons. The Kier molecular flexibility index (Phi) is 2.59. The van der Waals surface area contributed by atoms with Crippen molar-refractivity contribution < 1.29 is 9.90 Å². The molecule has 1 amide bonds. The number of hydrogen-bond donors (Lipinski definition) is 1. The largest absolute Gasteiger partial charge is 0.515 e. The minimum absolute atomic E-state index is 0.539. The van der Waals surface area contributed by atoms with Crippen molar-refractivity contribution in [3.8, 4) is 0 Å². The van der Waals surface area contributed by atoms with E-state index in [1.54, 1.807) is 0 Å². The third kappa shape index (κ3) is 2.69. The average molecular weight is 99.1 g/mol. The molecular formula is C4H5NO2. The Hall–Kier alpha value is -1.12. The molecule has 0 saturated carbocycles. The molecule has 0 aromatic carbocycles. The number of amides is 1. The summed E-state index contributed by atoms with van der Waals surface area (Å²) in [5.74, 6) is -0.539. The SMILES string of the molecule is C=NC(=O)C=CO. The highest BCUT2D eigenvalue weighted by Crippen LogP contribution is 1.71. The topological polar surface area (TPSA) is 49.7 Å². The fourth-order valence-electron chi connectivity index (χ4n) is 0.116. The molecule has 0 spiro atoms. The smallest absolute Gasteiger partial charge is 0.272 e. The molecule has 0 bridgehead atoms. The van der Waals surface area contributed by atoms with Gasteiger partial charge in [-0.25, -0.2) is 4.99 Å². The van der Waals surface area contributed by atoms with Crippen molar-refractivity contribution in [2.75, 3.05) is 0 Å². The van der Waals surface area contributed by atoms with Gasteiger partial charge in [-0.05, 0) is 6.72 Å². The van der Waals surface area contributed by atoms with Crippen LogP contribution in [-0.2, 0) is 4.79 Å². The van der Waals surface area contributed by atoms with Gasteiger partial charge in [0.05, 0.1) is 6.26 Å². The van der Waals surface area contributed by atoms with Crippen molar-refractivity contribution in [2.45, 2.75) is 0 Å². The number of hydrogen-bond acceptors (Lipinski definition) is 2. The van der Waals surface area contributed by atoms with E-state index >= 15 is 0 Å². The molecular weight excluding hydrogens is 94.0 g/mol. The van der Waals surface area contributed by atoms with E-state index in [0.717, 1.165) is 6.08 Å². The van der Waals surface area contributed by atoms with Crippen LogP contribution in [0.5, 0.6) is 0 Å². The average Bonchev–Trinajstić information content (AvgIpc) is 1.68. The second-order valence-corrected chi connectivity index (χ2v) is 0.812. The predicted molar refractivity (Wildman–Crippen MR) is 26.3 cm³/mol. The number of aliphatic hydroxyl groups excluding tert-OH is 1. The monoisotopic (exact) mass is 99.0 g/mol. The third-order valence-corrected chi connectivity index (χ3v) is 0.373. The lowest BCUT2D eigenvalue weighted by Gasteiger charge is -1.71. The molecule has 0 fully saturated rings. The summed E-state index contributed by atoms with van der Waals surface area (Å²) in [5.41, 5.74) is 0. The number of carbonyl (C=O) groups is 1. The lowest BCUT2D eigenvalue weighted by molar-refractivity contribution is -0.113. The molecule has 3 nitrogen and oxygen atoms in total. The van der Waals surface area contributed by atoms with E-state index < -0.39 is 5.91 Å². The van der Waals surface area contributed by atoms with Crippen LogP contribution in [0.1, 0.15) is 0 Å². The van der Waals surface area contributed by atoms with Crippen LogP contribution in [-0.4, -0.2) is 17.7 Å². The van der Waals surface area contributed by atoms with Crippen molar-refractivity contribution >= 4 is 12.6 Å². The Morgan fingerprint density at radius 1 is 1.86 bits per heavy atom. The number of carbonyl (C=O) groups excluding carboxylic acids is 1. The molecule has 0 saturated heterocycles.